The van der Waals surface area contributed by atoms with Gasteiger partial charge >= 0.3 is 0 Å². The number of piperidine rings is 1. The fourth-order valence-electron chi connectivity index (χ4n) is 3.29. The second-order valence-corrected chi connectivity index (χ2v) is 6.82. The minimum absolute atomic E-state index is 0.0394. The van der Waals surface area contributed by atoms with Crippen LogP contribution < -0.4 is 5.32 Å². The lowest BCUT2D eigenvalue weighted by Gasteiger charge is -2.33. The second kappa shape index (κ2) is 8.76. The van der Waals surface area contributed by atoms with Crippen LogP contribution in [0.15, 0.2) is 36.9 Å². The van der Waals surface area contributed by atoms with Gasteiger partial charge in [-0.2, -0.15) is 5.10 Å². The van der Waals surface area contributed by atoms with Crippen molar-refractivity contribution in [1.29, 1.82) is 0 Å². The summed E-state index contributed by atoms with van der Waals surface area (Å²) in [6.45, 7) is 5.20. The van der Waals surface area contributed by atoms with Crippen LogP contribution in [0.1, 0.15) is 44.6 Å². The highest BCUT2D eigenvalue weighted by Crippen LogP contribution is 2.20. The average molecular weight is 341 g/mol. The molecule has 1 amide bonds. The summed E-state index contributed by atoms with van der Waals surface area (Å²) in [5.74, 6) is 0.0394. The zero-order valence-electron chi connectivity index (χ0n) is 14.9. The third-order valence-corrected chi connectivity index (χ3v) is 4.82. The summed E-state index contributed by atoms with van der Waals surface area (Å²) >= 11 is 0. The molecule has 2 aromatic rings. The van der Waals surface area contributed by atoms with Gasteiger partial charge in [-0.3, -0.25) is 14.4 Å². The first-order valence-electron chi connectivity index (χ1n) is 9.16. The molecule has 1 aliphatic rings. The minimum Gasteiger partial charge on any atom is -0.326 e. The Labute approximate surface area is 149 Å². The average Bonchev–Trinajstić information content (AvgIpc) is 3.12. The van der Waals surface area contributed by atoms with Crippen molar-refractivity contribution in [3.63, 3.8) is 0 Å². The highest BCUT2D eigenvalue weighted by molar-refractivity contribution is 5.90. The van der Waals surface area contributed by atoms with Gasteiger partial charge in [-0.05, 0) is 50.4 Å². The van der Waals surface area contributed by atoms with Crippen molar-refractivity contribution in [2.45, 2.75) is 58.2 Å². The van der Waals surface area contributed by atoms with Gasteiger partial charge in [0.15, 0.2) is 0 Å². The monoisotopic (exact) mass is 341 g/mol. The Bertz CT molecular complexity index is 653. The molecule has 1 atom stereocenters. The quantitative estimate of drug-likeness (QED) is 0.841. The SMILES string of the molecule is CC1CCCCN1Cc1ccc(NC(=O)CCCn2cncn2)cc1. The second-order valence-electron chi connectivity index (χ2n) is 6.82. The normalized spacial score (nSPS) is 18.2. The molecule has 3 rings (SSSR count). The number of likely N-dealkylation sites (tertiary alicyclic amines) is 1. The molecule has 0 aliphatic carbocycles. The van der Waals surface area contributed by atoms with Crippen LogP contribution in [0.4, 0.5) is 5.69 Å². The summed E-state index contributed by atoms with van der Waals surface area (Å²) in [6, 6.07) is 8.90. The van der Waals surface area contributed by atoms with Crippen LogP contribution in [0.2, 0.25) is 0 Å². The van der Waals surface area contributed by atoms with Crippen molar-refractivity contribution in [3.8, 4) is 0 Å². The van der Waals surface area contributed by atoms with Crippen LogP contribution in [0, 0.1) is 0 Å². The lowest BCUT2D eigenvalue weighted by Crippen LogP contribution is -2.36. The first-order chi connectivity index (χ1) is 12.2. The van der Waals surface area contributed by atoms with Crippen LogP contribution in [-0.2, 0) is 17.9 Å². The number of aromatic nitrogens is 3. The third-order valence-electron chi connectivity index (χ3n) is 4.82. The number of amides is 1. The van der Waals surface area contributed by atoms with E-state index in [4.69, 9.17) is 0 Å². The summed E-state index contributed by atoms with van der Waals surface area (Å²) in [7, 11) is 0. The highest BCUT2D eigenvalue weighted by Gasteiger charge is 2.17. The van der Waals surface area contributed by atoms with E-state index in [1.54, 1.807) is 11.0 Å². The minimum atomic E-state index is 0.0394. The zero-order valence-corrected chi connectivity index (χ0v) is 14.9. The lowest BCUT2D eigenvalue weighted by molar-refractivity contribution is -0.116. The number of carbonyl (C=O) groups is 1. The Morgan fingerprint density at radius 1 is 1.28 bits per heavy atom. The van der Waals surface area contributed by atoms with E-state index in [2.05, 4.69) is 39.4 Å². The molecule has 1 N–H and O–H groups in total. The van der Waals surface area contributed by atoms with Gasteiger partial charge in [0.05, 0.1) is 0 Å². The maximum Gasteiger partial charge on any atom is 0.224 e. The number of rotatable bonds is 7. The van der Waals surface area contributed by atoms with Crippen LogP contribution in [0.3, 0.4) is 0 Å². The number of nitrogens with zero attached hydrogens (tertiary/aromatic N) is 4. The van der Waals surface area contributed by atoms with Gasteiger partial charge in [0.2, 0.25) is 5.91 Å². The van der Waals surface area contributed by atoms with E-state index in [1.807, 2.05) is 12.1 Å². The number of hydrogen-bond donors (Lipinski definition) is 1. The molecule has 6 heteroatoms. The molecule has 1 aliphatic heterocycles. The summed E-state index contributed by atoms with van der Waals surface area (Å²) in [4.78, 5) is 18.5. The molecule has 134 valence electrons. The van der Waals surface area contributed by atoms with E-state index in [0.717, 1.165) is 18.7 Å². The molecule has 0 saturated carbocycles. The Morgan fingerprint density at radius 2 is 2.12 bits per heavy atom. The van der Waals surface area contributed by atoms with Crippen LogP contribution >= 0.6 is 0 Å². The van der Waals surface area contributed by atoms with E-state index in [-0.39, 0.29) is 5.91 Å². The molecule has 1 saturated heterocycles. The fourth-order valence-corrected chi connectivity index (χ4v) is 3.29. The van der Waals surface area contributed by atoms with Crippen molar-refractivity contribution < 1.29 is 4.79 Å². The Kier molecular flexibility index (Phi) is 6.17. The van der Waals surface area contributed by atoms with Crippen molar-refractivity contribution in [2.75, 3.05) is 11.9 Å². The fraction of sp³-hybridized carbons (Fsp3) is 0.526. The predicted molar refractivity (Wildman–Crippen MR) is 98.1 cm³/mol. The van der Waals surface area contributed by atoms with E-state index in [1.165, 1.54) is 37.7 Å². The Balaban J connectivity index is 1.42. The molecule has 0 radical (unpaired) electrons. The first-order valence-corrected chi connectivity index (χ1v) is 9.16. The molecule has 1 aromatic carbocycles. The van der Waals surface area contributed by atoms with E-state index in [0.29, 0.717) is 19.0 Å². The maximum absolute atomic E-state index is 12.0. The summed E-state index contributed by atoms with van der Waals surface area (Å²) < 4.78 is 1.74. The van der Waals surface area contributed by atoms with E-state index < -0.39 is 0 Å². The van der Waals surface area contributed by atoms with E-state index in [9.17, 15) is 4.79 Å². The van der Waals surface area contributed by atoms with Gasteiger partial charge in [0.25, 0.3) is 0 Å². The summed E-state index contributed by atoms with van der Waals surface area (Å²) in [5.41, 5.74) is 2.17. The maximum atomic E-state index is 12.0. The predicted octanol–water partition coefficient (Wildman–Crippen LogP) is 3.07. The Hall–Kier alpha value is -2.21. The molecule has 1 unspecified atom stereocenters. The van der Waals surface area contributed by atoms with Gasteiger partial charge in [0.1, 0.15) is 12.7 Å². The number of nitrogens with one attached hydrogen (secondary N) is 1. The standard InChI is InChI=1S/C19H27N5O/c1-16-5-2-3-11-23(16)13-17-7-9-18(10-8-17)22-19(25)6-4-12-24-15-20-14-21-24/h7-10,14-16H,2-6,11-13H2,1H3,(H,22,25). The molecule has 1 fully saturated rings. The van der Waals surface area contributed by atoms with Crippen LogP contribution in [0.25, 0.3) is 0 Å². The zero-order chi connectivity index (χ0) is 17.5. The van der Waals surface area contributed by atoms with E-state index >= 15 is 0 Å². The molecular formula is C19H27N5O. The smallest absolute Gasteiger partial charge is 0.224 e. The molecular weight excluding hydrogens is 314 g/mol. The summed E-state index contributed by atoms with van der Waals surface area (Å²) in [6.07, 6.45) is 8.34. The van der Waals surface area contributed by atoms with Crippen molar-refractivity contribution >= 4 is 11.6 Å². The molecule has 0 spiro atoms. The lowest BCUT2D eigenvalue weighted by atomic mass is 10.0. The number of hydrogen-bond acceptors (Lipinski definition) is 4. The number of anilines is 1. The highest BCUT2D eigenvalue weighted by atomic mass is 16.1. The van der Waals surface area contributed by atoms with Gasteiger partial charge in [-0.25, -0.2) is 4.98 Å². The summed E-state index contributed by atoms with van der Waals surface area (Å²) in [5, 5.41) is 6.99. The number of aryl methyl sites for hydroxylation is 1. The molecule has 0 bridgehead atoms. The van der Waals surface area contributed by atoms with Crippen molar-refractivity contribution in [1.82, 2.24) is 19.7 Å². The number of carbonyl (C=O) groups excluding carboxylic acids is 1. The topological polar surface area (TPSA) is 63.1 Å². The molecule has 1 aromatic heterocycles. The van der Waals surface area contributed by atoms with Gasteiger partial charge in [0, 0.05) is 31.2 Å². The molecule has 6 nitrogen and oxygen atoms in total. The van der Waals surface area contributed by atoms with Gasteiger partial charge in [-0.1, -0.05) is 18.6 Å². The van der Waals surface area contributed by atoms with Gasteiger partial charge < -0.3 is 5.32 Å². The number of benzene rings is 1. The third kappa shape index (κ3) is 5.39. The Morgan fingerprint density at radius 3 is 2.84 bits per heavy atom. The van der Waals surface area contributed by atoms with Crippen molar-refractivity contribution in [2.24, 2.45) is 0 Å². The van der Waals surface area contributed by atoms with Crippen molar-refractivity contribution in [3.05, 3.63) is 42.5 Å². The molecule has 25 heavy (non-hydrogen) atoms. The van der Waals surface area contributed by atoms with Crippen LogP contribution in [-0.4, -0.2) is 38.2 Å². The van der Waals surface area contributed by atoms with Gasteiger partial charge in [-0.15, -0.1) is 0 Å². The van der Waals surface area contributed by atoms with Crippen LogP contribution in [0.5, 0.6) is 0 Å². The molecule has 2 heterocycles. The largest absolute Gasteiger partial charge is 0.326 e. The first kappa shape index (κ1) is 17.6.